The molecule has 0 spiro atoms. The molecule has 0 aromatic heterocycles. The lowest BCUT2D eigenvalue weighted by atomic mass is 10.4. The summed E-state index contributed by atoms with van der Waals surface area (Å²) in [6.45, 7) is 1.89. The third kappa shape index (κ3) is 2.84. The van der Waals surface area contributed by atoms with Gasteiger partial charge in [-0.1, -0.05) is 0 Å². The summed E-state index contributed by atoms with van der Waals surface area (Å²) in [7, 11) is 0. The van der Waals surface area contributed by atoms with Gasteiger partial charge in [-0.05, 0) is 13.0 Å². The van der Waals surface area contributed by atoms with Crippen molar-refractivity contribution in [2.24, 2.45) is 0 Å². The van der Waals surface area contributed by atoms with Gasteiger partial charge in [0.15, 0.2) is 0 Å². The van der Waals surface area contributed by atoms with E-state index < -0.39 is 6.43 Å². The van der Waals surface area contributed by atoms with Crippen molar-refractivity contribution in [1.82, 2.24) is 5.32 Å². The van der Waals surface area contributed by atoms with E-state index >= 15 is 0 Å². The number of hydrogen-bond acceptors (Lipinski definition) is 2. The summed E-state index contributed by atoms with van der Waals surface area (Å²) in [5, 5.41) is 3.56. The van der Waals surface area contributed by atoms with Gasteiger partial charge in [0.05, 0.1) is 5.75 Å². The molecule has 60 valence electrons. The van der Waals surface area contributed by atoms with Gasteiger partial charge in [-0.25, -0.2) is 8.78 Å². The van der Waals surface area contributed by atoms with Gasteiger partial charge >= 0.3 is 0 Å². The summed E-state index contributed by atoms with van der Waals surface area (Å²) in [6.07, 6.45) is -1.11. The van der Waals surface area contributed by atoms with Crippen molar-refractivity contribution >= 4 is 11.8 Å². The summed E-state index contributed by atoms with van der Waals surface area (Å²) >= 11 is 1.38. The lowest BCUT2D eigenvalue weighted by Crippen LogP contribution is -2.11. The average molecular weight is 167 g/mol. The molecule has 10 heavy (non-hydrogen) atoms. The van der Waals surface area contributed by atoms with Crippen molar-refractivity contribution in [3.63, 3.8) is 0 Å². The van der Waals surface area contributed by atoms with Crippen molar-refractivity contribution < 1.29 is 8.78 Å². The number of thioether (sulfide) groups is 1. The van der Waals surface area contributed by atoms with E-state index in [0.29, 0.717) is 5.25 Å². The van der Waals surface area contributed by atoms with Crippen LogP contribution in [0.4, 0.5) is 8.78 Å². The number of halogens is 2. The second kappa shape index (κ2) is 4.13. The van der Waals surface area contributed by atoms with Crippen molar-refractivity contribution in [3.05, 3.63) is 0 Å². The lowest BCUT2D eigenvalue weighted by Gasteiger charge is -2.05. The zero-order valence-corrected chi connectivity index (χ0v) is 6.46. The molecular weight excluding hydrogens is 156 g/mol. The van der Waals surface area contributed by atoms with E-state index in [1.807, 2.05) is 0 Å². The molecule has 1 nitrogen and oxygen atoms in total. The van der Waals surface area contributed by atoms with E-state index in [0.717, 1.165) is 19.5 Å². The molecule has 0 bridgehead atoms. The van der Waals surface area contributed by atoms with Crippen LogP contribution in [-0.4, -0.2) is 30.5 Å². The Morgan fingerprint density at radius 1 is 1.60 bits per heavy atom. The molecule has 0 radical (unpaired) electrons. The minimum atomic E-state index is -2.15. The molecule has 1 atom stereocenters. The van der Waals surface area contributed by atoms with Crippen LogP contribution in [0.15, 0.2) is 0 Å². The molecule has 0 aromatic carbocycles. The molecule has 1 fully saturated rings. The van der Waals surface area contributed by atoms with Crippen LogP contribution in [0.3, 0.4) is 0 Å². The van der Waals surface area contributed by atoms with Crippen molar-refractivity contribution in [2.75, 3.05) is 18.8 Å². The van der Waals surface area contributed by atoms with Crippen LogP contribution in [0.1, 0.15) is 6.42 Å². The number of rotatable bonds is 3. The Kier molecular flexibility index (Phi) is 3.42. The van der Waals surface area contributed by atoms with Crippen LogP contribution >= 0.6 is 11.8 Å². The standard InChI is InChI=1S/C6H11F2NS/c7-6(8)4-10-5-1-2-9-3-5/h5-6,9H,1-4H2. The van der Waals surface area contributed by atoms with Crippen LogP contribution in [0.25, 0.3) is 0 Å². The molecule has 1 heterocycles. The van der Waals surface area contributed by atoms with E-state index in [1.165, 1.54) is 11.8 Å². The summed E-state index contributed by atoms with van der Waals surface area (Å²) in [4.78, 5) is 0. The minimum absolute atomic E-state index is 0.00759. The maximum absolute atomic E-state index is 11.6. The lowest BCUT2D eigenvalue weighted by molar-refractivity contribution is 0.176. The highest BCUT2D eigenvalue weighted by molar-refractivity contribution is 7.99. The Bertz CT molecular complexity index is 93.7. The fraction of sp³-hybridized carbons (Fsp3) is 1.00. The van der Waals surface area contributed by atoms with E-state index in [1.54, 1.807) is 0 Å². The first kappa shape index (κ1) is 8.27. The first-order chi connectivity index (χ1) is 4.79. The molecule has 1 N–H and O–H groups in total. The number of alkyl halides is 2. The second-order valence-corrected chi connectivity index (χ2v) is 3.67. The average Bonchev–Trinajstić information content (AvgIpc) is 2.34. The number of nitrogens with one attached hydrogen (secondary N) is 1. The highest BCUT2D eigenvalue weighted by atomic mass is 32.2. The third-order valence-electron chi connectivity index (χ3n) is 1.47. The van der Waals surface area contributed by atoms with E-state index in [-0.39, 0.29) is 5.75 Å². The fourth-order valence-corrected chi connectivity index (χ4v) is 1.92. The van der Waals surface area contributed by atoms with Gasteiger partial charge in [-0.15, -0.1) is 0 Å². The molecule has 1 saturated heterocycles. The number of hydrogen-bond donors (Lipinski definition) is 1. The molecule has 0 aromatic rings. The minimum Gasteiger partial charge on any atom is -0.316 e. The second-order valence-electron chi connectivity index (χ2n) is 2.34. The molecule has 1 unspecified atom stereocenters. The van der Waals surface area contributed by atoms with Crippen LogP contribution < -0.4 is 5.32 Å². The normalized spacial score (nSPS) is 26.1. The Labute approximate surface area is 63.6 Å². The molecule has 1 aliphatic rings. The largest absolute Gasteiger partial charge is 0.316 e. The van der Waals surface area contributed by atoms with Crippen molar-refractivity contribution in [3.8, 4) is 0 Å². The zero-order valence-electron chi connectivity index (χ0n) is 5.65. The highest BCUT2D eigenvalue weighted by Crippen LogP contribution is 2.19. The van der Waals surface area contributed by atoms with E-state index in [9.17, 15) is 8.78 Å². The Balaban J connectivity index is 2.01. The van der Waals surface area contributed by atoms with Gasteiger partial charge in [-0.2, -0.15) is 11.8 Å². The molecule has 1 rings (SSSR count). The van der Waals surface area contributed by atoms with Gasteiger partial charge in [0, 0.05) is 11.8 Å². The summed E-state index contributed by atoms with van der Waals surface area (Å²) in [5.41, 5.74) is 0. The molecular formula is C6H11F2NS. The van der Waals surface area contributed by atoms with E-state index in [4.69, 9.17) is 0 Å². The van der Waals surface area contributed by atoms with Gasteiger partial charge < -0.3 is 5.32 Å². The maximum Gasteiger partial charge on any atom is 0.247 e. The Morgan fingerprint density at radius 2 is 2.40 bits per heavy atom. The van der Waals surface area contributed by atoms with Crippen LogP contribution in [0, 0.1) is 0 Å². The molecule has 0 saturated carbocycles. The Morgan fingerprint density at radius 3 is 2.90 bits per heavy atom. The predicted molar refractivity (Wildman–Crippen MR) is 39.7 cm³/mol. The van der Waals surface area contributed by atoms with Crippen LogP contribution in [-0.2, 0) is 0 Å². The van der Waals surface area contributed by atoms with Gasteiger partial charge in [0.25, 0.3) is 0 Å². The summed E-state index contributed by atoms with van der Waals surface area (Å²) in [6, 6.07) is 0. The smallest absolute Gasteiger partial charge is 0.247 e. The topological polar surface area (TPSA) is 12.0 Å². The molecule has 0 amide bonds. The van der Waals surface area contributed by atoms with Gasteiger partial charge in [-0.3, -0.25) is 0 Å². The summed E-state index contributed by atoms with van der Waals surface area (Å²) < 4.78 is 23.3. The summed E-state index contributed by atoms with van der Waals surface area (Å²) in [5.74, 6) is -0.00759. The Hall–Kier alpha value is 0.170. The molecule has 0 aliphatic carbocycles. The first-order valence-corrected chi connectivity index (χ1v) is 4.44. The van der Waals surface area contributed by atoms with Crippen LogP contribution in [0.2, 0.25) is 0 Å². The van der Waals surface area contributed by atoms with Crippen molar-refractivity contribution in [1.29, 1.82) is 0 Å². The quantitative estimate of drug-likeness (QED) is 0.681. The SMILES string of the molecule is FC(F)CSC1CCNC1. The molecule has 1 aliphatic heterocycles. The van der Waals surface area contributed by atoms with Gasteiger partial charge in [0.1, 0.15) is 0 Å². The van der Waals surface area contributed by atoms with E-state index in [2.05, 4.69) is 5.32 Å². The first-order valence-electron chi connectivity index (χ1n) is 3.39. The van der Waals surface area contributed by atoms with Crippen LogP contribution in [0.5, 0.6) is 0 Å². The highest BCUT2D eigenvalue weighted by Gasteiger charge is 2.16. The predicted octanol–water partition coefficient (Wildman–Crippen LogP) is 1.35. The zero-order chi connectivity index (χ0) is 7.40. The van der Waals surface area contributed by atoms with Crippen molar-refractivity contribution in [2.45, 2.75) is 18.1 Å². The molecule has 4 heteroatoms. The third-order valence-corrected chi connectivity index (χ3v) is 2.79. The fourth-order valence-electron chi connectivity index (χ4n) is 0.979. The monoisotopic (exact) mass is 167 g/mol. The maximum atomic E-state index is 11.6. The van der Waals surface area contributed by atoms with Gasteiger partial charge in [0.2, 0.25) is 6.43 Å².